The Balaban J connectivity index is 1.53. The van der Waals surface area contributed by atoms with Gasteiger partial charge in [0.05, 0.1) is 12.6 Å². The summed E-state index contributed by atoms with van der Waals surface area (Å²) in [5.41, 5.74) is 4.89. The molecule has 0 saturated heterocycles. The van der Waals surface area contributed by atoms with Crippen molar-refractivity contribution in [1.82, 2.24) is 15.6 Å². The van der Waals surface area contributed by atoms with Crippen LogP contribution < -0.4 is 10.6 Å². The van der Waals surface area contributed by atoms with Gasteiger partial charge in [-0.3, -0.25) is 4.99 Å². The maximum Gasteiger partial charge on any atom is 0.191 e. The number of aliphatic imine (C=N–C) groups is 1. The van der Waals surface area contributed by atoms with E-state index in [-0.39, 0.29) is 0 Å². The van der Waals surface area contributed by atoms with Gasteiger partial charge in [0.1, 0.15) is 0 Å². The number of nitrogens with one attached hydrogen (secondary N) is 3. The summed E-state index contributed by atoms with van der Waals surface area (Å²) in [4.78, 5) is 7.92. The summed E-state index contributed by atoms with van der Waals surface area (Å²) in [6, 6.07) is 16.4. The first-order chi connectivity index (χ1) is 13.7. The number of aryl methyl sites for hydroxylation is 1. The molecule has 1 unspecified atom stereocenters. The number of aliphatic hydroxyl groups excluding tert-OH is 1. The predicted molar refractivity (Wildman–Crippen MR) is 117 cm³/mol. The van der Waals surface area contributed by atoms with E-state index in [1.165, 1.54) is 22.0 Å². The average molecular weight is 379 g/mol. The van der Waals surface area contributed by atoms with Crippen molar-refractivity contribution in [1.29, 1.82) is 0 Å². The van der Waals surface area contributed by atoms with Gasteiger partial charge in [0, 0.05) is 36.6 Å². The second kappa shape index (κ2) is 9.95. The van der Waals surface area contributed by atoms with Crippen molar-refractivity contribution in [3.63, 3.8) is 0 Å². The lowest BCUT2D eigenvalue weighted by molar-refractivity contribution is 0.183. The minimum Gasteiger partial charge on any atom is -0.391 e. The average Bonchev–Trinajstić information content (AvgIpc) is 3.11. The van der Waals surface area contributed by atoms with Crippen LogP contribution in [0.2, 0.25) is 0 Å². The molecule has 0 saturated carbocycles. The standard InChI is InChI=1S/C23H30N4O/c1-3-24-23(27-16-20(28)14-18-9-5-4-6-10-18)25-13-12-19-15-26-22-17(2)8-7-11-21(19)22/h4-11,15,20,26,28H,3,12-14,16H2,1-2H3,(H2,24,25,27). The number of fused-ring (bicyclic) bond motifs is 1. The summed E-state index contributed by atoms with van der Waals surface area (Å²) in [5.74, 6) is 0.741. The van der Waals surface area contributed by atoms with Crippen LogP contribution in [0.5, 0.6) is 0 Å². The molecule has 0 bridgehead atoms. The molecule has 1 aromatic heterocycles. The van der Waals surface area contributed by atoms with E-state index >= 15 is 0 Å². The van der Waals surface area contributed by atoms with Crippen molar-refractivity contribution in [2.45, 2.75) is 32.8 Å². The van der Waals surface area contributed by atoms with Gasteiger partial charge in [0.25, 0.3) is 0 Å². The Hall–Kier alpha value is -2.79. The first-order valence-corrected chi connectivity index (χ1v) is 9.97. The number of rotatable bonds is 8. The number of hydrogen-bond donors (Lipinski definition) is 4. The number of aliphatic hydroxyl groups is 1. The minimum absolute atomic E-state index is 0.372. The van der Waals surface area contributed by atoms with Crippen LogP contribution in [-0.2, 0) is 12.8 Å². The predicted octanol–water partition coefficient (Wildman–Crippen LogP) is 3.18. The highest BCUT2D eigenvalue weighted by Gasteiger charge is 2.07. The van der Waals surface area contributed by atoms with Gasteiger partial charge < -0.3 is 20.7 Å². The monoisotopic (exact) mass is 378 g/mol. The first kappa shape index (κ1) is 20.0. The Morgan fingerprint density at radius 2 is 1.93 bits per heavy atom. The number of hydrogen-bond acceptors (Lipinski definition) is 2. The number of aromatic amines is 1. The highest BCUT2D eigenvalue weighted by atomic mass is 16.3. The number of nitrogens with zero attached hydrogens (tertiary/aromatic N) is 1. The maximum absolute atomic E-state index is 10.3. The van der Waals surface area contributed by atoms with Crippen LogP contribution in [0.1, 0.15) is 23.6 Å². The number of benzene rings is 2. The molecule has 1 heterocycles. The lowest BCUT2D eigenvalue weighted by atomic mass is 10.1. The second-order valence-electron chi connectivity index (χ2n) is 7.05. The van der Waals surface area contributed by atoms with Gasteiger partial charge in [-0.1, -0.05) is 48.5 Å². The molecule has 2 aromatic carbocycles. The molecule has 3 aromatic rings. The quantitative estimate of drug-likeness (QED) is 0.359. The number of guanidine groups is 1. The largest absolute Gasteiger partial charge is 0.391 e. The molecule has 1 atom stereocenters. The second-order valence-corrected chi connectivity index (χ2v) is 7.05. The molecular weight excluding hydrogens is 348 g/mol. The third kappa shape index (κ3) is 5.36. The Labute approximate surface area is 166 Å². The Morgan fingerprint density at radius 1 is 1.11 bits per heavy atom. The molecule has 5 heteroatoms. The van der Waals surface area contributed by atoms with E-state index in [4.69, 9.17) is 0 Å². The fraction of sp³-hybridized carbons (Fsp3) is 0.348. The van der Waals surface area contributed by atoms with Gasteiger partial charge in [-0.2, -0.15) is 0 Å². The van der Waals surface area contributed by atoms with Crippen molar-refractivity contribution >= 4 is 16.9 Å². The van der Waals surface area contributed by atoms with E-state index in [1.807, 2.05) is 37.3 Å². The number of para-hydroxylation sites is 1. The molecule has 4 N–H and O–H groups in total. The van der Waals surface area contributed by atoms with Crippen LogP contribution in [0.4, 0.5) is 0 Å². The van der Waals surface area contributed by atoms with Crippen molar-refractivity contribution in [2.75, 3.05) is 19.6 Å². The summed E-state index contributed by atoms with van der Waals surface area (Å²) in [6.07, 6.45) is 3.11. The van der Waals surface area contributed by atoms with Crippen LogP contribution >= 0.6 is 0 Å². The van der Waals surface area contributed by atoms with Gasteiger partial charge >= 0.3 is 0 Å². The third-order valence-corrected chi connectivity index (χ3v) is 4.81. The van der Waals surface area contributed by atoms with Crippen LogP contribution in [0, 0.1) is 6.92 Å². The van der Waals surface area contributed by atoms with E-state index in [1.54, 1.807) is 0 Å². The molecular formula is C23H30N4O. The van der Waals surface area contributed by atoms with Crippen molar-refractivity contribution in [2.24, 2.45) is 4.99 Å². The highest BCUT2D eigenvalue weighted by molar-refractivity contribution is 5.86. The highest BCUT2D eigenvalue weighted by Crippen LogP contribution is 2.21. The van der Waals surface area contributed by atoms with Crippen molar-refractivity contribution < 1.29 is 5.11 Å². The molecule has 148 valence electrons. The van der Waals surface area contributed by atoms with Gasteiger partial charge in [0.2, 0.25) is 0 Å². The van der Waals surface area contributed by atoms with Crippen LogP contribution in [0.25, 0.3) is 10.9 Å². The van der Waals surface area contributed by atoms with E-state index in [9.17, 15) is 5.11 Å². The molecule has 5 nitrogen and oxygen atoms in total. The van der Waals surface area contributed by atoms with E-state index in [2.05, 4.69) is 51.9 Å². The molecule has 3 rings (SSSR count). The molecule has 28 heavy (non-hydrogen) atoms. The lowest BCUT2D eigenvalue weighted by Crippen LogP contribution is -2.39. The van der Waals surface area contributed by atoms with Crippen LogP contribution in [0.3, 0.4) is 0 Å². The topological polar surface area (TPSA) is 72.4 Å². The Kier molecular flexibility index (Phi) is 7.09. The first-order valence-electron chi connectivity index (χ1n) is 9.97. The van der Waals surface area contributed by atoms with Gasteiger partial charge in [-0.15, -0.1) is 0 Å². The van der Waals surface area contributed by atoms with Crippen LogP contribution in [0.15, 0.2) is 59.7 Å². The van der Waals surface area contributed by atoms with E-state index in [0.717, 1.165) is 31.0 Å². The molecule has 0 aliphatic rings. The lowest BCUT2D eigenvalue weighted by Gasteiger charge is -2.13. The summed E-state index contributed by atoms with van der Waals surface area (Å²) < 4.78 is 0. The molecule has 0 fully saturated rings. The fourth-order valence-electron chi connectivity index (χ4n) is 3.38. The van der Waals surface area contributed by atoms with Gasteiger partial charge in [0.15, 0.2) is 5.96 Å². The summed E-state index contributed by atoms with van der Waals surface area (Å²) in [7, 11) is 0. The van der Waals surface area contributed by atoms with Crippen molar-refractivity contribution in [3.8, 4) is 0 Å². The van der Waals surface area contributed by atoms with Crippen LogP contribution in [-0.4, -0.2) is 41.8 Å². The molecule has 0 spiro atoms. The minimum atomic E-state index is -0.491. The Bertz CT molecular complexity index is 901. The van der Waals surface area contributed by atoms with Gasteiger partial charge in [-0.25, -0.2) is 0 Å². The van der Waals surface area contributed by atoms with Gasteiger partial charge in [-0.05, 0) is 37.0 Å². The molecule has 0 aliphatic heterocycles. The summed E-state index contributed by atoms with van der Waals surface area (Å²) in [5, 5.41) is 18.2. The normalized spacial score (nSPS) is 12.9. The summed E-state index contributed by atoms with van der Waals surface area (Å²) >= 11 is 0. The zero-order valence-electron chi connectivity index (χ0n) is 16.7. The zero-order valence-corrected chi connectivity index (χ0v) is 16.7. The molecule has 0 aliphatic carbocycles. The Morgan fingerprint density at radius 3 is 2.71 bits per heavy atom. The number of aromatic nitrogens is 1. The SMILES string of the molecule is CCNC(=NCC(O)Cc1ccccc1)NCCc1c[nH]c2c(C)cccc12. The van der Waals surface area contributed by atoms with Crippen molar-refractivity contribution in [3.05, 3.63) is 71.4 Å². The third-order valence-electron chi connectivity index (χ3n) is 4.81. The molecule has 0 radical (unpaired) electrons. The zero-order chi connectivity index (χ0) is 19.8. The maximum atomic E-state index is 10.3. The van der Waals surface area contributed by atoms with E-state index in [0.29, 0.717) is 13.0 Å². The number of H-pyrrole nitrogens is 1. The fourth-order valence-corrected chi connectivity index (χ4v) is 3.38. The smallest absolute Gasteiger partial charge is 0.191 e. The summed E-state index contributed by atoms with van der Waals surface area (Å²) in [6.45, 7) is 6.10. The van der Waals surface area contributed by atoms with E-state index < -0.39 is 6.10 Å². The molecule has 0 amide bonds.